The number of benzene rings is 8. The van der Waals surface area contributed by atoms with Crippen LogP contribution in [-0.4, -0.2) is 4.57 Å². The summed E-state index contributed by atoms with van der Waals surface area (Å²) in [4.78, 5) is 0. The van der Waals surface area contributed by atoms with Gasteiger partial charge in [0.15, 0.2) is 0 Å². The first-order valence-corrected chi connectivity index (χ1v) is 17.9. The topological polar surface area (TPSA) is 4.93 Å². The third-order valence-electron chi connectivity index (χ3n) is 10.0. The first kappa shape index (κ1) is 28.8. The summed E-state index contributed by atoms with van der Waals surface area (Å²) in [5.41, 5.74) is 13.5. The number of thiophene rings is 1. The number of hydrogen-bond acceptors (Lipinski definition) is 1. The van der Waals surface area contributed by atoms with Crippen LogP contribution < -0.4 is 0 Å². The fourth-order valence-electron chi connectivity index (χ4n) is 7.56. The Kier molecular flexibility index (Phi) is 6.75. The van der Waals surface area contributed by atoms with Gasteiger partial charge < -0.3 is 4.57 Å². The van der Waals surface area contributed by atoms with Crippen molar-refractivity contribution in [3.63, 3.8) is 0 Å². The van der Waals surface area contributed by atoms with E-state index in [-0.39, 0.29) is 0 Å². The molecule has 2 heteroatoms. The summed E-state index contributed by atoms with van der Waals surface area (Å²) in [6, 6.07) is 68.5. The number of hydrogen-bond donors (Lipinski definition) is 0. The molecule has 0 fully saturated rings. The fourth-order valence-corrected chi connectivity index (χ4v) is 8.80. The summed E-state index contributed by atoms with van der Waals surface area (Å²) in [6.07, 6.45) is 0. The fraction of sp³-hybridized carbons (Fsp3) is 0. The van der Waals surface area contributed by atoms with Gasteiger partial charge in [-0.3, -0.25) is 0 Å². The van der Waals surface area contributed by atoms with Crippen LogP contribution in [0, 0.1) is 0 Å². The lowest BCUT2D eigenvalue weighted by atomic mass is 9.98. The molecule has 0 N–H and O–H groups in total. The average Bonchev–Trinajstić information content (AvgIpc) is 3.74. The standard InChI is InChI=1S/C48H31NS/c1-2-10-32(11-3-1)36-12-8-13-37(30-36)38-26-29-46-44(31-38)41-14-4-6-18-45(41)49(46)39-27-24-34(25-28-39)33-20-22-35(23-21-33)40-16-9-17-43-42-15-5-7-19-47(42)50-48(40)43/h1-31H. The lowest BCUT2D eigenvalue weighted by Crippen LogP contribution is -1.93. The Balaban J connectivity index is 0.994. The SMILES string of the molecule is c1ccc(-c2cccc(-c3ccc4c(c3)c3ccccc3n4-c3ccc(-c4ccc(-c5cccc6c5sc5ccccc56)cc4)cc3)c2)cc1. The van der Waals surface area contributed by atoms with Crippen LogP contribution in [0.25, 0.3) is 92.2 Å². The molecule has 10 rings (SSSR count). The molecule has 0 saturated heterocycles. The number of para-hydroxylation sites is 1. The molecule has 0 amide bonds. The molecule has 0 spiro atoms. The molecule has 2 heterocycles. The van der Waals surface area contributed by atoms with E-state index in [1.807, 2.05) is 11.3 Å². The lowest BCUT2D eigenvalue weighted by molar-refractivity contribution is 1.18. The summed E-state index contributed by atoms with van der Waals surface area (Å²) < 4.78 is 5.08. The van der Waals surface area contributed by atoms with Crippen LogP contribution in [0.15, 0.2) is 188 Å². The van der Waals surface area contributed by atoms with Crippen molar-refractivity contribution in [1.29, 1.82) is 0 Å². The van der Waals surface area contributed by atoms with Gasteiger partial charge in [-0.25, -0.2) is 0 Å². The molecule has 8 aromatic carbocycles. The number of fused-ring (bicyclic) bond motifs is 6. The molecule has 234 valence electrons. The predicted molar refractivity (Wildman–Crippen MR) is 215 cm³/mol. The normalized spacial score (nSPS) is 11.6. The molecule has 10 aromatic rings. The highest BCUT2D eigenvalue weighted by Crippen LogP contribution is 2.41. The first-order valence-electron chi connectivity index (χ1n) is 17.1. The van der Waals surface area contributed by atoms with E-state index in [2.05, 4.69) is 193 Å². The van der Waals surface area contributed by atoms with Crippen molar-refractivity contribution >= 4 is 53.3 Å². The summed E-state index contributed by atoms with van der Waals surface area (Å²) in [7, 11) is 0. The second kappa shape index (κ2) is 11.7. The number of nitrogens with zero attached hydrogens (tertiary/aromatic N) is 1. The Labute approximate surface area is 295 Å². The molecule has 0 aliphatic carbocycles. The number of rotatable bonds is 5. The maximum absolute atomic E-state index is 2.40. The zero-order valence-electron chi connectivity index (χ0n) is 27.3. The van der Waals surface area contributed by atoms with Crippen LogP contribution in [0.3, 0.4) is 0 Å². The Bertz CT molecular complexity index is 2840. The highest BCUT2D eigenvalue weighted by atomic mass is 32.1. The summed E-state index contributed by atoms with van der Waals surface area (Å²) in [5.74, 6) is 0. The van der Waals surface area contributed by atoms with Crippen molar-refractivity contribution in [3.05, 3.63) is 188 Å². The van der Waals surface area contributed by atoms with E-state index in [1.54, 1.807) is 0 Å². The molecule has 0 bridgehead atoms. The molecule has 0 unspecified atom stereocenters. The Morgan fingerprint density at radius 2 is 0.860 bits per heavy atom. The molecule has 0 aliphatic heterocycles. The van der Waals surface area contributed by atoms with Gasteiger partial charge in [-0.15, -0.1) is 11.3 Å². The summed E-state index contributed by atoms with van der Waals surface area (Å²) in [6.45, 7) is 0. The van der Waals surface area contributed by atoms with E-state index in [0.717, 1.165) is 5.69 Å². The van der Waals surface area contributed by atoms with Crippen LogP contribution in [0.1, 0.15) is 0 Å². The van der Waals surface area contributed by atoms with Gasteiger partial charge in [0.25, 0.3) is 0 Å². The second-order valence-electron chi connectivity index (χ2n) is 12.9. The van der Waals surface area contributed by atoms with Crippen molar-refractivity contribution in [3.8, 4) is 50.2 Å². The van der Waals surface area contributed by atoms with Gasteiger partial charge in [-0.2, -0.15) is 0 Å². The number of aromatic nitrogens is 1. The molecule has 0 aliphatic rings. The Morgan fingerprint density at radius 1 is 0.320 bits per heavy atom. The largest absolute Gasteiger partial charge is 0.309 e. The molecule has 50 heavy (non-hydrogen) atoms. The van der Waals surface area contributed by atoms with Crippen LogP contribution in [0.2, 0.25) is 0 Å². The van der Waals surface area contributed by atoms with Crippen LogP contribution in [0.5, 0.6) is 0 Å². The molecule has 2 aromatic heterocycles. The third-order valence-corrected chi connectivity index (χ3v) is 11.3. The van der Waals surface area contributed by atoms with Crippen molar-refractivity contribution in [2.75, 3.05) is 0 Å². The van der Waals surface area contributed by atoms with E-state index in [9.17, 15) is 0 Å². The first-order chi connectivity index (χ1) is 24.8. The minimum absolute atomic E-state index is 1.16. The third kappa shape index (κ3) is 4.76. The highest BCUT2D eigenvalue weighted by Gasteiger charge is 2.14. The van der Waals surface area contributed by atoms with Crippen molar-refractivity contribution in [1.82, 2.24) is 4.57 Å². The molecular formula is C48H31NS. The van der Waals surface area contributed by atoms with E-state index in [1.165, 1.54) is 86.5 Å². The molecule has 1 nitrogen and oxygen atoms in total. The second-order valence-corrected chi connectivity index (χ2v) is 14.0. The average molecular weight is 654 g/mol. The van der Waals surface area contributed by atoms with Crippen molar-refractivity contribution in [2.24, 2.45) is 0 Å². The minimum Gasteiger partial charge on any atom is -0.309 e. The van der Waals surface area contributed by atoms with E-state index >= 15 is 0 Å². The maximum Gasteiger partial charge on any atom is 0.0541 e. The van der Waals surface area contributed by atoms with Crippen molar-refractivity contribution < 1.29 is 0 Å². The molecule has 0 radical (unpaired) electrons. The minimum atomic E-state index is 1.16. The van der Waals surface area contributed by atoms with Gasteiger partial charge in [-0.05, 0) is 87.0 Å². The lowest BCUT2D eigenvalue weighted by Gasteiger charge is -2.11. The Hall–Kier alpha value is -6.22. The summed E-state index contributed by atoms with van der Waals surface area (Å²) >= 11 is 1.88. The van der Waals surface area contributed by atoms with Gasteiger partial charge in [0.05, 0.1) is 11.0 Å². The quantitative estimate of drug-likeness (QED) is 0.174. The maximum atomic E-state index is 2.40. The van der Waals surface area contributed by atoms with Gasteiger partial charge in [0, 0.05) is 36.6 Å². The molecule has 0 atom stereocenters. The Morgan fingerprint density at radius 3 is 1.68 bits per heavy atom. The zero-order valence-corrected chi connectivity index (χ0v) is 28.1. The van der Waals surface area contributed by atoms with Crippen LogP contribution in [0.4, 0.5) is 0 Å². The zero-order chi connectivity index (χ0) is 33.0. The summed E-state index contributed by atoms with van der Waals surface area (Å²) in [5, 5.41) is 5.19. The predicted octanol–water partition coefficient (Wildman–Crippen LogP) is 13.8. The van der Waals surface area contributed by atoms with Gasteiger partial charge in [-0.1, -0.05) is 146 Å². The van der Waals surface area contributed by atoms with E-state index < -0.39 is 0 Å². The van der Waals surface area contributed by atoms with Crippen LogP contribution in [-0.2, 0) is 0 Å². The monoisotopic (exact) mass is 653 g/mol. The molecule has 0 saturated carbocycles. The highest BCUT2D eigenvalue weighted by molar-refractivity contribution is 7.26. The van der Waals surface area contributed by atoms with Gasteiger partial charge in [0.1, 0.15) is 0 Å². The van der Waals surface area contributed by atoms with Gasteiger partial charge in [0.2, 0.25) is 0 Å². The smallest absolute Gasteiger partial charge is 0.0541 e. The van der Waals surface area contributed by atoms with Crippen LogP contribution >= 0.6 is 11.3 Å². The van der Waals surface area contributed by atoms with Gasteiger partial charge >= 0.3 is 0 Å². The van der Waals surface area contributed by atoms with Crippen molar-refractivity contribution in [2.45, 2.75) is 0 Å². The van der Waals surface area contributed by atoms with E-state index in [0.29, 0.717) is 0 Å². The molecular weight excluding hydrogens is 623 g/mol. The van der Waals surface area contributed by atoms with E-state index in [4.69, 9.17) is 0 Å².